The second-order valence-electron chi connectivity index (χ2n) is 4.69. The van der Waals surface area contributed by atoms with E-state index in [4.69, 9.17) is 0 Å². The number of hydrogen-bond donors (Lipinski definition) is 1. The number of hydrogen-bond acceptors (Lipinski definition) is 3. The standard InChI is InChI=1S/C10H7NO.C8H11N.C2H6/c12-7-8-3-4-9-2-1-5-11-10(9)6-8;1-7-3-5-8(9-2)6-4-7;1-2/h1-7H;3-6,9H,1-2H3;1-2H3. The van der Waals surface area contributed by atoms with Crippen LogP contribution in [0.25, 0.3) is 10.9 Å². The fraction of sp³-hybridized carbons (Fsp3) is 0.200. The van der Waals surface area contributed by atoms with Gasteiger partial charge in [-0.15, -0.1) is 0 Å². The number of aromatic nitrogens is 1. The summed E-state index contributed by atoms with van der Waals surface area (Å²) in [6, 6.07) is 17.6. The Kier molecular flexibility index (Phi) is 8.08. The Labute approximate surface area is 138 Å². The number of benzene rings is 2. The molecule has 0 unspecified atom stereocenters. The van der Waals surface area contributed by atoms with E-state index in [0.717, 1.165) is 17.2 Å². The van der Waals surface area contributed by atoms with Crippen LogP contribution in [0, 0.1) is 6.92 Å². The van der Waals surface area contributed by atoms with E-state index in [-0.39, 0.29) is 0 Å². The number of anilines is 1. The molecule has 0 radical (unpaired) electrons. The van der Waals surface area contributed by atoms with Crippen LogP contribution in [0.15, 0.2) is 60.8 Å². The second-order valence-corrected chi connectivity index (χ2v) is 4.69. The zero-order valence-electron chi connectivity index (χ0n) is 14.2. The number of aldehydes is 1. The molecule has 2 aromatic carbocycles. The van der Waals surface area contributed by atoms with E-state index in [1.165, 1.54) is 11.3 Å². The lowest BCUT2D eigenvalue weighted by Gasteiger charge is -1.97. The summed E-state index contributed by atoms with van der Waals surface area (Å²) in [4.78, 5) is 14.6. The van der Waals surface area contributed by atoms with E-state index >= 15 is 0 Å². The van der Waals surface area contributed by atoms with E-state index in [2.05, 4.69) is 41.5 Å². The smallest absolute Gasteiger partial charge is 0.150 e. The van der Waals surface area contributed by atoms with Crippen molar-refractivity contribution in [2.45, 2.75) is 20.8 Å². The van der Waals surface area contributed by atoms with Gasteiger partial charge in [-0.2, -0.15) is 0 Å². The fourth-order valence-electron chi connectivity index (χ4n) is 1.88. The first kappa shape index (κ1) is 18.4. The molecule has 0 bridgehead atoms. The molecule has 1 N–H and O–H groups in total. The summed E-state index contributed by atoms with van der Waals surface area (Å²) in [6.45, 7) is 6.08. The molecule has 0 atom stereocenters. The number of aryl methyl sites for hydroxylation is 1. The molecule has 3 nitrogen and oxygen atoms in total. The maximum Gasteiger partial charge on any atom is 0.150 e. The number of carbonyl (C=O) groups is 1. The van der Waals surface area contributed by atoms with Crippen LogP contribution >= 0.6 is 0 Å². The van der Waals surface area contributed by atoms with Crippen LogP contribution < -0.4 is 5.32 Å². The third-order valence-electron chi connectivity index (χ3n) is 3.11. The summed E-state index contributed by atoms with van der Waals surface area (Å²) < 4.78 is 0. The van der Waals surface area contributed by atoms with Crippen molar-refractivity contribution in [3.8, 4) is 0 Å². The van der Waals surface area contributed by atoms with Crippen molar-refractivity contribution in [3.05, 3.63) is 71.9 Å². The average Bonchev–Trinajstić information content (AvgIpc) is 2.64. The molecule has 0 aliphatic rings. The van der Waals surface area contributed by atoms with Gasteiger partial charge in [0.1, 0.15) is 6.29 Å². The highest BCUT2D eigenvalue weighted by molar-refractivity contribution is 5.86. The first-order valence-electron chi connectivity index (χ1n) is 7.77. The topological polar surface area (TPSA) is 42.0 Å². The van der Waals surface area contributed by atoms with Crippen molar-refractivity contribution in [1.82, 2.24) is 4.98 Å². The lowest BCUT2D eigenvalue weighted by atomic mass is 10.1. The summed E-state index contributed by atoms with van der Waals surface area (Å²) in [5.41, 5.74) is 4.00. The quantitative estimate of drug-likeness (QED) is 0.669. The van der Waals surface area contributed by atoms with E-state index in [9.17, 15) is 4.79 Å². The third kappa shape index (κ3) is 5.91. The fourth-order valence-corrected chi connectivity index (χ4v) is 1.88. The Bertz CT molecular complexity index is 721. The highest BCUT2D eigenvalue weighted by atomic mass is 16.1. The second kappa shape index (κ2) is 10.1. The largest absolute Gasteiger partial charge is 0.388 e. The van der Waals surface area contributed by atoms with Gasteiger partial charge in [-0.3, -0.25) is 9.78 Å². The molecule has 3 aromatic rings. The van der Waals surface area contributed by atoms with Gasteiger partial charge in [0, 0.05) is 29.9 Å². The molecule has 0 saturated carbocycles. The predicted octanol–water partition coefficient (Wildman–Crippen LogP) is 5.11. The van der Waals surface area contributed by atoms with Crippen LogP contribution in [-0.2, 0) is 0 Å². The molecule has 3 rings (SSSR count). The minimum Gasteiger partial charge on any atom is -0.388 e. The third-order valence-corrected chi connectivity index (χ3v) is 3.11. The average molecular weight is 308 g/mol. The highest BCUT2D eigenvalue weighted by Crippen LogP contribution is 2.11. The van der Waals surface area contributed by atoms with E-state index in [0.29, 0.717) is 5.56 Å². The number of nitrogens with one attached hydrogen (secondary N) is 1. The molecule has 120 valence electrons. The molecular formula is C20H24N2O. The van der Waals surface area contributed by atoms with Gasteiger partial charge in [-0.25, -0.2) is 0 Å². The maximum atomic E-state index is 10.4. The van der Waals surface area contributed by atoms with E-state index in [1.54, 1.807) is 18.3 Å². The Hall–Kier alpha value is -2.68. The molecule has 1 heterocycles. The zero-order chi connectivity index (χ0) is 17.1. The van der Waals surface area contributed by atoms with Gasteiger partial charge in [0.15, 0.2) is 0 Å². The van der Waals surface area contributed by atoms with Crippen molar-refractivity contribution >= 4 is 22.9 Å². The Morgan fingerprint density at radius 2 is 1.70 bits per heavy atom. The SMILES string of the molecule is CC.CNc1ccc(C)cc1.O=Cc1ccc2cccnc2c1. The van der Waals surface area contributed by atoms with Gasteiger partial charge in [0.05, 0.1) is 5.52 Å². The van der Waals surface area contributed by atoms with Crippen LogP contribution in [0.4, 0.5) is 5.69 Å². The van der Waals surface area contributed by atoms with Gasteiger partial charge in [0.2, 0.25) is 0 Å². The van der Waals surface area contributed by atoms with Crippen molar-refractivity contribution in [2.24, 2.45) is 0 Å². The Morgan fingerprint density at radius 3 is 2.30 bits per heavy atom. The molecule has 0 spiro atoms. The Balaban J connectivity index is 0.000000215. The molecule has 23 heavy (non-hydrogen) atoms. The van der Waals surface area contributed by atoms with Gasteiger partial charge >= 0.3 is 0 Å². The monoisotopic (exact) mass is 308 g/mol. The maximum absolute atomic E-state index is 10.4. The number of nitrogens with zero attached hydrogens (tertiary/aromatic N) is 1. The first-order valence-corrected chi connectivity index (χ1v) is 7.77. The van der Waals surface area contributed by atoms with Gasteiger partial charge in [0.25, 0.3) is 0 Å². The van der Waals surface area contributed by atoms with Crippen molar-refractivity contribution in [1.29, 1.82) is 0 Å². The van der Waals surface area contributed by atoms with Crippen LogP contribution in [0.1, 0.15) is 29.8 Å². The number of pyridine rings is 1. The number of carbonyl (C=O) groups excluding carboxylic acids is 1. The molecule has 0 saturated heterocycles. The minimum atomic E-state index is 0.668. The number of fused-ring (bicyclic) bond motifs is 1. The molecule has 0 aliphatic heterocycles. The molecular weight excluding hydrogens is 284 g/mol. The predicted molar refractivity (Wildman–Crippen MR) is 99.2 cm³/mol. The van der Waals surface area contributed by atoms with Crippen LogP contribution in [0.5, 0.6) is 0 Å². The molecule has 3 heteroatoms. The van der Waals surface area contributed by atoms with E-state index in [1.807, 2.05) is 39.1 Å². The minimum absolute atomic E-state index is 0.668. The number of rotatable bonds is 2. The summed E-state index contributed by atoms with van der Waals surface area (Å²) in [5, 5.41) is 4.11. The van der Waals surface area contributed by atoms with Crippen LogP contribution in [0.2, 0.25) is 0 Å². The summed E-state index contributed by atoms with van der Waals surface area (Å²) in [5.74, 6) is 0. The van der Waals surface area contributed by atoms with Crippen molar-refractivity contribution < 1.29 is 4.79 Å². The molecule has 0 fully saturated rings. The normalized spacial score (nSPS) is 9.04. The summed E-state index contributed by atoms with van der Waals surface area (Å²) >= 11 is 0. The zero-order valence-corrected chi connectivity index (χ0v) is 14.2. The first-order chi connectivity index (χ1) is 11.2. The summed E-state index contributed by atoms with van der Waals surface area (Å²) in [6.07, 6.45) is 2.55. The molecule has 0 amide bonds. The van der Waals surface area contributed by atoms with E-state index < -0.39 is 0 Å². The summed E-state index contributed by atoms with van der Waals surface area (Å²) in [7, 11) is 1.92. The van der Waals surface area contributed by atoms with Crippen molar-refractivity contribution in [3.63, 3.8) is 0 Å². The highest BCUT2D eigenvalue weighted by Gasteiger charge is 1.94. The van der Waals surface area contributed by atoms with Crippen molar-refractivity contribution in [2.75, 3.05) is 12.4 Å². The lowest BCUT2D eigenvalue weighted by Crippen LogP contribution is -1.85. The molecule has 0 aliphatic carbocycles. The van der Waals surface area contributed by atoms with Gasteiger partial charge in [-0.05, 0) is 31.2 Å². The van der Waals surface area contributed by atoms with Crippen LogP contribution in [0.3, 0.4) is 0 Å². The molecule has 1 aromatic heterocycles. The lowest BCUT2D eigenvalue weighted by molar-refractivity contribution is 0.112. The van der Waals surface area contributed by atoms with Gasteiger partial charge < -0.3 is 5.32 Å². The van der Waals surface area contributed by atoms with Gasteiger partial charge in [-0.1, -0.05) is 49.7 Å². The Morgan fingerprint density at radius 1 is 1.00 bits per heavy atom. The van der Waals surface area contributed by atoms with Crippen LogP contribution in [-0.4, -0.2) is 18.3 Å².